The fraction of sp³-hybridized carbons (Fsp3) is 0.278. The van der Waals surface area contributed by atoms with E-state index in [1.54, 1.807) is 12.4 Å². The average molecular weight is 310 g/mol. The summed E-state index contributed by atoms with van der Waals surface area (Å²) in [5.41, 5.74) is 8.71. The maximum atomic E-state index is 11.9. The standard InChI is InChI=1S/C18H22N4O/c1-12-9-13(2)18(14(3)10-12)20-11-17(23)22-21-15(4)16-5-7-19-8-6-16/h5-10,20H,11H2,1-4H3,(H,22,23)/b21-15-. The van der Waals surface area contributed by atoms with Gasteiger partial charge < -0.3 is 5.32 Å². The van der Waals surface area contributed by atoms with Crippen LogP contribution in [0.25, 0.3) is 0 Å². The fourth-order valence-corrected chi connectivity index (χ4v) is 2.47. The molecule has 0 aliphatic heterocycles. The molecule has 2 N–H and O–H groups in total. The number of hydrogen-bond donors (Lipinski definition) is 2. The molecular formula is C18H22N4O. The highest BCUT2D eigenvalue weighted by molar-refractivity contribution is 5.99. The van der Waals surface area contributed by atoms with Crippen molar-refractivity contribution >= 4 is 17.3 Å². The molecule has 0 saturated carbocycles. The Bertz CT molecular complexity index is 700. The van der Waals surface area contributed by atoms with Crippen molar-refractivity contribution in [3.63, 3.8) is 0 Å². The quantitative estimate of drug-likeness (QED) is 0.659. The smallest absolute Gasteiger partial charge is 0.259 e. The second-order valence-electron chi connectivity index (χ2n) is 5.60. The molecule has 0 aliphatic rings. The number of carbonyl (C=O) groups is 1. The molecule has 2 rings (SSSR count). The summed E-state index contributed by atoms with van der Waals surface area (Å²) in [6.45, 7) is 8.15. The second kappa shape index (κ2) is 7.54. The molecule has 0 unspecified atom stereocenters. The minimum absolute atomic E-state index is 0.178. The Kier molecular flexibility index (Phi) is 5.46. The lowest BCUT2D eigenvalue weighted by molar-refractivity contribution is -0.119. The Balaban J connectivity index is 1.94. The van der Waals surface area contributed by atoms with E-state index < -0.39 is 0 Å². The summed E-state index contributed by atoms with van der Waals surface area (Å²) in [5.74, 6) is -0.183. The summed E-state index contributed by atoms with van der Waals surface area (Å²) in [5, 5.41) is 7.30. The van der Waals surface area contributed by atoms with Crippen molar-refractivity contribution in [2.45, 2.75) is 27.7 Å². The van der Waals surface area contributed by atoms with Gasteiger partial charge in [-0.3, -0.25) is 9.78 Å². The van der Waals surface area contributed by atoms with Gasteiger partial charge in [-0.05, 0) is 51.0 Å². The zero-order chi connectivity index (χ0) is 16.8. The van der Waals surface area contributed by atoms with E-state index in [1.165, 1.54) is 5.56 Å². The van der Waals surface area contributed by atoms with Crippen molar-refractivity contribution in [1.82, 2.24) is 10.4 Å². The van der Waals surface area contributed by atoms with Crippen LogP contribution in [0.4, 0.5) is 5.69 Å². The molecule has 120 valence electrons. The summed E-state index contributed by atoms with van der Waals surface area (Å²) in [7, 11) is 0. The van der Waals surface area contributed by atoms with Crippen LogP contribution in [0.1, 0.15) is 29.2 Å². The third-order valence-electron chi connectivity index (χ3n) is 3.55. The number of aromatic nitrogens is 1. The number of nitrogens with one attached hydrogen (secondary N) is 2. The predicted octanol–water partition coefficient (Wildman–Crippen LogP) is 2.96. The lowest BCUT2D eigenvalue weighted by Gasteiger charge is -2.13. The van der Waals surface area contributed by atoms with Gasteiger partial charge in [0.25, 0.3) is 5.91 Å². The lowest BCUT2D eigenvalue weighted by atomic mass is 10.1. The number of hydrogen-bond acceptors (Lipinski definition) is 4. The van der Waals surface area contributed by atoms with Crippen molar-refractivity contribution in [3.05, 3.63) is 58.9 Å². The molecule has 2 aromatic rings. The zero-order valence-electron chi connectivity index (χ0n) is 14.0. The number of benzene rings is 1. The fourth-order valence-electron chi connectivity index (χ4n) is 2.47. The van der Waals surface area contributed by atoms with Gasteiger partial charge in [-0.15, -0.1) is 0 Å². The van der Waals surface area contributed by atoms with Crippen LogP contribution >= 0.6 is 0 Å². The number of anilines is 1. The topological polar surface area (TPSA) is 66.4 Å². The van der Waals surface area contributed by atoms with Gasteiger partial charge in [-0.25, -0.2) is 5.43 Å². The number of hydrazone groups is 1. The van der Waals surface area contributed by atoms with Gasteiger partial charge in [0.2, 0.25) is 0 Å². The molecule has 0 fully saturated rings. The van der Waals surface area contributed by atoms with Gasteiger partial charge in [-0.1, -0.05) is 17.7 Å². The lowest BCUT2D eigenvalue weighted by Crippen LogP contribution is -2.27. The van der Waals surface area contributed by atoms with Crippen LogP contribution in [-0.2, 0) is 4.79 Å². The van der Waals surface area contributed by atoms with E-state index in [-0.39, 0.29) is 12.5 Å². The van der Waals surface area contributed by atoms with E-state index in [2.05, 4.69) is 39.9 Å². The molecule has 0 atom stereocenters. The highest BCUT2D eigenvalue weighted by Gasteiger charge is 2.06. The Hall–Kier alpha value is -2.69. The van der Waals surface area contributed by atoms with Crippen molar-refractivity contribution in [2.24, 2.45) is 5.10 Å². The first-order valence-electron chi connectivity index (χ1n) is 7.52. The number of nitrogens with zero attached hydrogens (tertiary/aromatic N) is 2. The van der Waals surface area contributed by atoms with Crippen molar-refractivity contribution in [3.8, 4) is 0 Å². The van der Waals surface area contributed by atoms with Gasteiger partial charge >= 0.3 is 0 Å². The summed E-state index contributed by atoms with van der Waals surface area (Å²) >= 11 is 0. The van der Waals surface area contributed by atoms with E-state index >= 15 is 0 Å². The molecule has 0 spiro atoms. The third-order valence-corrected chi connectivity index (χ3v) is 3.55. The molecule has 5 nitrogen and oxygen atoms in total. The number of carbonyl (C=O) groups excluding carboxylic acids is 1. The van der Waals surface area contributed by atoms with Crippen molar-refractivity contribution in [2.75, 3.05) is 11.9 Å². The Morgan fingerprint density at radius 2 is 1.74 bits per heavy atom. The molecule has 5 heteroatoms. The average Bonchev–Trinajstić information content (AvgIpc) is 2.52. The van der Waals surface area contributed by atoms with Crippen LogP contribution in [0.15, 0.2) is 41.8 Å². The maximum Gasteiger partial charge on any atom is 0.259 e. The van der Waals surface area contributed by atoms with Gasteiger partial charge in [0.15, 0.2) is 0 Å². The number of rotatable bonds is 5. The Morgan fingerprint density at radius 1 is 1.13 bits per heavy atom. The zero-order valence-corrected chi connectivity index (χ0v) is 14.0. The molecule has 23 heavy (non-hydrogen) atoms. The SMILES string of the molecule is C/C(=N/NC(=O)CNc1c(C)cc(C)cc1C)c1ccncc1. The molecule has 0 saturated heterocycles. The summed E-state index contributed by atoms with van der Waals surface area (Å²) in [6.07, 6.45) is 3.39. The first-order chi connectivity index (χ1) is 11.0. The number of amides is 1. The van der Waals surface area contributed by atoms with Gasteiger partial charge in [0, 0.05) is 23.6 Å². The monoisotopic (exact) mass is 310 g/mol. The highest BCUT2D eigenvalue weighted by Crippen LogP contribution is 2.21. The predicted molar refractivity (Wildman–Crippen MR) is 93.7 cm³/mol. The Labute approximate surface area is 136 Å². The van der Waals surface area contributed by atoms with E-state index in [9.17, 15) is 4.79 Å². The van der Waals surface area contributed by atoms with E-state index in [0.29, 0.717) is 0 Å². The molecule has 1 aromatic heterocycles. The summed E-state index contributed by atoms with van der Waals surface area (Å²) < 4.78 is 0. The number of aryl methyl sites for hydroxylation is 3. The van der Waals surface area contributed by atoms with E-state index in [1.807, 2.05) is 32.9 Å². The van der Waals surface area contributed by atoms with Crippen LogP contribution < -0.4 is 10.7 Å². The molecule has 0 bridgehead atoms. The third kappa shape index (κ3) is 4.64. The minimum atomic E-state index is -0.183. The molecule has 0 radical (unpaired) electrons. The van der Waals surface area contributed by atoms with Crippen LogP contribution in [0.2, 0.25) is 0 Å². The normalized spacial score (nSPS) is 11.2. The van der Waals surface area contributed by atoms with Crippen LogP contribution in [0.5, 0.6) is 0 Å². The van der Waals surface area contributed by atoms with Crippen LogP contribution in [0, 0.1) is 20.8 Å². The summed E-state index contributed by atoms with van der Waals surface area (Å²) in [6, 6.07) is 7.89. The summed E-state index contributed by atoms with van der Waals surface area (Å²) in [4.78, 5) is 15.9. The van der Waals surface area contributed by atoms with Crippen LogP contribution in [0.3, 0.4) is 0 Å². The van der Waals surface area contributed by atoms with E-state index in [4.69, 9.17) is 0 Å². The first-order valence-corrected chi connectivity index (χ1v) is 7.52. The van der Waals surface area contributed by atoms with Crippen molar-refractivity contribution in [1.29, 1.82) is 0 Å². The van der Waals surface area contributed by atoms with Gasteiger partial charge in [0.1, 0.15) is 0 Å². The molecule has 1 heterocycles. The molecule has 1 amide bonds. The van der Waals surface area contributed by atoms with Gasteiger partial charge in [-0.2, -0.15) is 5.10 Å². The second-order valence-corrected chi connectivity index (χ2v) is 5.60. The number of pyridine rings is 1. The van der Waals surface area contributed by atoms with Crippen LogP contribution in [-0.4, -0.2) is 23.1 Å². The molecule has 1 aromatic carbocycles. The van der Waals surface area contributed by atoms with Crippen molar-refractivity contribution < 1.29 is 4.79 Å². The van der Waals surface area contributed by atoms with Gasteiger partial charge in [0.05, 0.1) is 12.3 Å². The minimum Gasteiger partial charge on any atom is -0.376 e. The maximum absolute atomic E-state index is 11.9. The molecule has 0 aliphatic carbocycles. The highest BCUT2D eigenvalue weighted by atomic mass is 16.2. The Morgan fingerprint density at radius 3 is 2.35 bits per heavy atom. The molecular weight excluding hydrogens is 288 g/mol. The first kappa shape index (κ1) is 16.7. The largest absolute Gasteiger partial charge is 0.376 e. The van der Waals surface area contributed by atoms with E-state index in [0.717, 1.165) is 28.1 Å².